The molecule has 0 spiro atoms. The Morgan fingerprint density at radius 2 is 1.17 bits per heavy atom. The van der Waals surface area contributed by atoms with Crippen molar-refractivity contribution in [3.63, 3.8) is 0 Å². The van der Waals surface area contributed by atoms with Crippen LogP contribution in [0, 0.1) is 0 Å². The van der Waals surface area contributed by atoms with Crippen LogP contribution in [0.4, 0.5) is 0 Å². The maximum Gasteiger partial charge on any atom is 0.0636 e. The van der Waals surface area contributed by atoms with Crippen LogP contribution in [0.3, 0.4) is 0 Å². The minimum Gasteiger partial charge on any atom is -0.392 e. The van der Waals surface area contributed by atoms with Crippen LogP contribution in [0.25, 0.3) is 0 Å². The molecule has 1 rings (SSSR count). The molecule has 1 aromatic rings. The van der Waals surface area contributed by atoms with E-state index >= 15 is 0 Å². The number of hydrogen-bond donors (Lipinski definition) is 4. The van der Waals surface area contributed by atoms with Gasteiger partial charge in [-0.1, -0.05) is 24.3 Å². The van der Waals surface area contributed by atoms with E-state index in [-0.39, 0.29) is 12.2 Å². The summed E-state index contributed by atoms with van der Waals surface area (Å²) in [6.45, 7) is 6.29. The predicted octanol–water partition coefficient (Wildman–Crippen LogP) is 0.627. The highest BCUT2D eigenvalue weighted by Gasteiger charge is 1.98. The molecule has 0 aromatic heterocycles. The third kappa shape index (κ3) is 6.71. The Morgan fingerprint density at radius 3 is 1.44 bits per heavy atom. The van der Waals surface area contributed by atoms with E-state index in [1.807, 2.05) is 0 Å². The van der Waals surface area contributed by atoms with Gasteiger partial charge in [-0.15, -0.1) is 0 Å². The van der Waals surface area contributed by atoms with E-state index in [9.17, 15) is 0 Å². The van der Waals surface area contributed by atoms with Gasteiger partial charge < -0.3 is 20.8 Å². The van der Waals surface area contributed by atoms with Gasteiger partial charge in [0.2, 0.25) is 0 Å². The molecule has 0 aliphatic rings. The summed E-state index contributed by atoms with van der Waals surface area (Å²) in [5, 5.41) is 24.6. The fourth-order valence-corrected chi connectivity index (χ4v) is 1.63. The van der Waals surface area contributed by atoms with Crippen molar-refractivity contribution >= 4 is 0 Å². The number of benzene rings is 1. The predicted molar refractivity (Wildman–Crippen MR) is 73.2 cm³/mol. The van der Waals surface area contributed by atoms with E-state index in [4.69, 9.17) is 10.2 Å². The lowest BCUT2D eigenvalue weighted by Crippen LogP contribution is -2.24. The van der Waals surface area contributed by atoms with E-state index in [1.165, 1.54) is 11.1 Å². The van der Waals surface area contributed by atoms with Crippen LogP contribution < -0.4 is 10.6 Å². The molecular weight excluding hydrogens is 228 g/mol. The first-order valence-electron chi connectivity index (χ1n) is 6.43. The summed E-state index contributed by atoms with van der Waals surface area (Å²) in [5.41, 5.74) is 2.41. The highest BCUT2D eigenvalue weighted by Crippen LogP contribution is 2.04. The molecule has 0 heterocycles. The van der Waals surface area contributed by atoms with Crippen LogP contribution >= 0.6 is 0 Å². The van der Waals surface area contributed by atoms with Gasteiger partial charge in [0.1, 0.15) is 0 Å². The van der Waals surface area contributed by atoms with Gasteiger partial charge in [-0.05, 0) is 25.0 Å². The Balaban J connectivity index is 2.28. The van der Waals surface area contributed by atoms with Gasteiger partial charge in [0.25, 0.3) is 0 Å². The Kier molecular flexibility index (Phi) is 6.90. The second kappa shape index (κ2) is 8.21. The van der Waals surface area contributed by atoms with Crippen molar-refractivity contribution in [2.75, 3.05) is 13.1 Å². The molecule has 2 atom stereocenters. The maximum atomic E-state index is 9.13. The van der Waals surface area contributed by atoms with Crippen molar-refractivity contribution in [1.29, 1.82) is 0 Å². The molecule has 0 bridgehead atoms. The van der Waals surface area contributed by atoms with Crippen molar-refractivity contribution in [3.8, 4) is 0 Å². The zero-order valence-electron chi connectivity index (χ0n) is 11.2. The molecule has 4 nitrogen and oxygen atoms in total. The second-order valence-corrected chi connectivity index (χ2v) is 4.78. The molecule has 1 aromatic carbocycles. The Labute approximate surface area is 109 Å². The van der Waals surface area contributed by atoms with Crippen LogP contribution in [-0.2, 0) is 13.1 Å². The van der Waals surface area contributed by atoms with E-state index in [0.717, 1.165) is 13.1 Å². The zero-order valence-corrected chi connectivity index (χ0v) is 11.2. The normalized spacial score (nSPS) is 14.4. The number of aliphatic hydroxyl groups is 2. The van der Waals surface area contributed by atoms with E-state index in [1.54, 1.807) is 13.8 Å². The van der Waals surface area contributed by atoms with Crippen molar-refractivity contribution in [2.24, 2.45) is 0 Å². The SMILES string of the molecule is CC(O)CNCc1ccc(CNCC(C)O)cc1. The lowest BCUT2D eigenvalue weighted by atomic mass is 10.1. The fourth-order valence-electron chi connectivity index (χ4n) is 1.63. The summed E-state index contributed by atoms with van der Waals surface area (Å²) < 4.78 is 0. The second-order valence-electron chi connectivity index (χ2n) is 4.78. The topological polar surface area (TPSA) is 64.5 Å². The van der Waals surface area contributed by atoms with Gasteiger partial charge in [-0.2, -0.15) is 0 Å². The molecule has 0 radical (unpaired) electrons. The number of aliphatic hydroxyl groups excluding tert-OH is 2. The monoisotopic (exact) mass is 252 g/mol. The standard InChI is InChI=1S/C14H24N2O2/c1-11(17)7-15-9-13-3-5-14(6-4-13)10-16-8-12(2)18/h3-6,11-12,15-18H,7-10H2,1-2H3. The first kappa shape index (κ1) is 15.1. The largest absolute Gasteiger partial charge is 0.392 e. The summed E-state index contributed by atoms with van der Waals surface area (Å²) in [4.78, 5) is 0. The van der Waals surface area contributed by atoms with E-state index in [2.05, 4.69) is 34.9 Å². The van der Waals surface area contributed by atoms with E-state index in [0.29, 0.717) is 13.1 Å². The highest BCUT2D eigenvalue weighted by molar-refractivity contribution is 5.22. The van der Waals surface area contributed by atoms with Crippen LogP contribution in [0.2, 0.25) is 0 Å². The van der Waals surface area contributed by atoms with Crippen molar-refractivity contribution in [2.45, 2.75) is 39.1 Å². The van der Waals surface area contributed by atoms with Gasteiger partial charge >= 0.3 is 0 Å². The third-order valence-electron chi connectivity index (χ3n) is 2.56. The van der Waals surface area contributed by atoms with Gasteiger partial charge in [0.05, 0.1) is 12.2 Å². The molecule has 102 valence electrons. The van der Waals surface area contributed by atoms with Gasteiger partial charge in [0, 0.05) is 26.2 Å². The fraction of sp³-hybridized carbons (Fsp3) is 0.571. The molecule has 0 saturated heterocycles. The van der Waals surface area contributed by atoms with Gasteiger partial charge in [-0.25, -0.2) is 0 Å². The Bertz CT molecular complexity index is 290. The first-order chi connectivity index (χ1) is 8.58. The van der Waals surface area contributed by atoms with Crippen molar-refractivity contribution in [1.82, 2.24) is 10.6 Å². The molecule has 0 aliphatic heterocycles. The minimum absolute atomic E-state index is 0.311. The summed E-state index contributed by atoms with van der Waals surface area (Å²) in [6, 6.07) is 8.31. The molecule has 0 saturated carbocycles. The summed E-state index contributed by atoms with van der Waals surface area (Å²) in [5.74, 6) is 0. The van der Waals surface area contributed by atoms with Crippen LogP contribution in [0.5, 0.6) is 0 Å². The minimum atomic E-state index is -0.311. The van der Waals surface area contributed by atoms with E-state index < -0.39 is 0 Å². The summed E-state index contributed by atoms with van der Waals surface area (Å²) in [7, 11) is 0. The Morgan fingerprint density at radius 1 is 0.833 bits per heavy atom. The molecule has 2 unspecified atom stereocenters. The third-order valence-corrected chi connectivity index (χ3v) is 2.56. The molecule has 0 amide bonds. The van der Waals surface area contributed by atoms with Gasteiger partial charge in [-0.3, -0.25) is 0 Å². The Hall–Kier alpha value is -0.940. The zero-order chi connectivity index (χ0) is 13.4. The average molecular weight is 252 g/mol. The number of hydrogen-bond acceptors (Lipinski definition) is 4. The molecular formula is C14H24N2O2. The van der Waals surface area contributed by atoms with Gasteiger partial charge in [0.15, 0.2) is 0 Å². The van der Waals surface area contributed by atoms with Crippen LogP contribution in [0.15, 0.2) is 24.3 Å². The van der Waals surface area contributed by atoms with Crippen LogP contribution in [0.1, 0.15) is 25.0 Å². The summed E-state index contributed by atoms with van der Waals surface area (Å²) >= 11 is 0. The molecule has 18 heavy (non-hydrogen) atoms. The molecule has 0 fully saturated rings. The first-order valence-corrected chi connectivity index (χ1v) is 6.43. The highest BCUT2D eigenvalue weighted by atomic mass is 16.3. The van der Waals surface area contributed by atoms with Crippen molar-refractivity contribution in [3.05, 3.63) is 35.4 Å². The number of rotatable bonds is 8. The molecule has 4 N–H and O–H groups in total. The molecule has 4 heteroatoms. The maximum absolute atomic E-state index is 9.13. The van der Waals surface area contributed by atoms with Crippen LogP contribution in [-0.4, -0.2) is 35.5 Å². The number of nitrogens with one attached hydrogen (secondary N) is 2. The summed E-state index contributed by atoms with van der Waals surface area (Å²) in [6.07, 6.45) is -0.622. The smallest absolute Gasteiger partial charge is 0.0636 e. The quantitative estimate of drug-likeness (QED) is 0.548. The lowest BCUT2D eigenvalue weighted by molar-refractivity contribution is 0.190. The lowest BCUT2D eigenvalue weighted by Gasteiger charge is -2.09. The average Bonchev–Trinajstić information content (AvgIpc) is 2.30. The molecule has 0 aliphatic carbocycles. The van der Waals surface area contributed by atoms with Crippen molar-refractivity contribution < 1.29 is 10.2 Å².